The molecule has 3 unspecified atom stereocenters. The van der Waals surface area contributed by atoms with Crippen molar-refractivity contribution in [3.63, 3.8) is 0 Å². The zero-order valence-corrected chi connectivity index (χ0v) is 11.2. The van der Waals surface area contributed by atoms with Crippen LogP contribution in [0.4, 0.5) is 13.2 Å². The van der Waals surface area contributed by atoms with Gasteiger partial charge in [-0.3, -0.25) is 4.79 Å². The Morgan fingerprint density at radius 2 is 2.00 bits per heavy atom. The minimum atomic E-state index is -4.96. The van der Waals surface area contributed by atoms with Crippen molar-refractivity contribution in [1.29, 1.82) is 0 Å². The molecule has 4 nitrogen and oxygen atoms in total. The van der Waals surface area contributed by atoms with Gasteiger partial charge in [-0.2, -0.15) is 13.2 Å². The van der Waals surface area contributed by atoms with Gasteiger partial charge in [-0.15, -0.1) is 11.3 Å². The van der Waals surface area contributed by atoms with E-state index in [1.54, 1.807) is 0 Å². The molecule has 0 saturated heterocycles. The van der Waals surface area contributed by atoms with Crippen LogP contribution < -0.4 is 0 Å². The molecule has 2 N–H and O–H groups in total. The zero-order chi connectivity index (χ0) is 15.0. The molecule has 1 aromatic rings. The monoisotopic (exact) mass is 309 g/mol. The van der Waals surface area contributed by atoms with Gasteiger partial charge in [0.1, 0.15) is 5.01 Å². The summed E-state index contributed by atoms with van der Waals surface area (Å²) in [5, 5.41) is 20.3. The van der Waals surface area contributed by atoms with Gasteiger partial charge in [-0.25, -0.2) is 4.98 Å². The fourth-order valence-corrected chi connectivity index (χ4v) is 3.65. The highest BCUT2D eigenvalue weighted by atomic mass is 32.1. The number of carboxylic acid groups (broad SMARTS) is 1. The number of halogens is 3. The Kier molecular flexibility index (Phi) is 4.06. The summed E-state index contributed by atoms with van der Waals surface area (Å²) < 4.78 is 40.2. The summed E-state index contributed by atoms with van der Waals surface area (Å²) in [4.78, 5) is 14.8. The molecule has 0 radical (unpaired) electrons. The highest BCUT2D eigenvalue weighted by Gasteiger charge is 2.63. The van der Waals surface area contributed by atoms with Gasteiger partial charge in [0.15, 0.2) is 0 Å². The van der Waals surface area contributed by atoms with E-state index >= 15 is 0 Å². The summed E-state index contributed by atoms with van der Waals surface area (Å²) in [6, 6.07) is 0. The molecule has 20 heavy (non-hydrogen) atoms. The van der Waals surface area contributed by atoms with Gasteiger partial charge in [0.2, 0.25) is 5.60 Å². The first-order valence-electron chi connectivity index (χ1n) is 6.20. The molecule has 0 spiro atoms. The van der Waals surface area contributed by atoms with Gasteiger partial charge >= 0.3 is 12.1 Å². The highest BCUT2D eigenvalue weighted by molar-refractivity contribution is 7.09. The molecular weight excluding hydrogens is 295 g/mol. The second-order valence-corrected chi connectivity index (χ2v) is 5.83. The average Bonchev–Trinajstić information content (AvgIpc) is 2.90. The molecule has 3 atom stereocenters. The first kappa shape index (κ1) is 15.2. The predicted octanol–water partition coefficient (Wildman–Crippen LogP) is 2.78. The van der Waals surface area contributed by atoms with Crippen LogP contribution in [-0.2, 0) is 10.4 Å². The van der Waals surface area contributed by atoms with Gasteiger partial charge < -0.3 is 10.2 Å². The molecule has 0 aromatic carbocycles. The molecule has 0 bridgehead atoms. The topological polar surface area (TPSA) is 70.4 Å². The van der Waals surface area contributed by atoms with Crippen molar-refractivity contribution in [2.75, 3.05) is 0 Å². The van der Waals surface area contributed by atoms with Crippen LogP contribution in [0.1, 0.15) is 30.7 Å². The summed E-state index contributed by atoms with van der Waals surface area (Å²) in [5.41, 5.74) is -3.19. The van der Waals surface area contributed by atoms with E-state index in [1.807, 2.05) is 0 Å². The molecule has 1 aromatic heterocycles. The Hall–Kier alpha value is -1.15. The van der Waals surface area contributed by atoms with Crippen molar-refractivity contribution in [3.8, 4) is 0 Å². The van der Waals surface area contributed by atoms with Gasteiger partial charge in [0, 0.05) is 17.5 Å². The van der Waals surface area contributed by atoms with Gasteiger partial charge in [-0.1, -0.05) is 12.8 Å². The van der Waals surface area contributed by atoms with Gasteiger partial charge in [0.25, 0.3) is 0 Å². The maximum atomic E-state index is 13.4. The average molecular weight is 309 g/mol. The molecule has 2 rings (SSSR count). The number of aliphatic carboxylic acids is 1. The van der Waals surface area contributed by atoms with Crippen LogP contribution >= 0.6 is 11.3 Å². The number of nitrogens with zero attached hydrogens (tertiary/aromatic N) is 1. The van der Waals surface area contributed by atoms with E-state index < -0.39 is 34.6 Å². The number of aliphatic hydroxyl groups is 1. The van der Waals surface area contributed by atoms with E-state index in [0.29, 0.717) is 24.2 Å². The Labute approximate surface area is 117 Å². The van der Waals surface area contributed by atoms with Crippen LogP contribution in [0.25, 0.3) is 0 Å². The Bertz CT molecular complexity index is 477. The lowest BCUT2D eigenvalue weighted by Crippen LogP contribution is -2.53. The van der Waals surface area contributed by atoms with E-state index in [-0.39, 0.29) is 12.8 Å². The third-order valence-electron chi connectivity index (χ3n) is 3.81. The molecule has 0 aliphatic heterocycles. The van der Waals surface area contributed by atoms with Crippen molar-refractivity contribution in [2.24, 2.45) is 11.8 Å². The number of carboxylic acids is 1. The number of hydrogen-bond acceptors (Lipinski definition) is 4. The van der Waals surface area contributed by atoms with Crippen LogP contribution in [-0.4, -0.2) is 27.3 Å². The molecule has 1 saturated carbocycles. The molecule has 1 aliphatic rings. The smallest absolute Gasteiger partial charge is 0.424 e. The van der Waals surface area contributed by atoms with Gasteiger partial charge in [-0.05, 0) is 12.8 Å². The van der Waals surface area contributed by atoms with Crippen LogP contribution in [0.2, 0.25) is 0 Å². The van der Waals surface area contributed by atoms with Crippen LogP contribution in [0.5, 0.6) is 0 Å². The number of rotatable bonds is 3. The predicted molar refractivity (Wildman–Crippen MR) is 65.1 cm³/mol. The zero-order valence-electron chi connectivity index (χ0n) is 10.4. The molecule has 1 aliphatic carbocycles. The standard InChI is InChI=1S/C12H14F3NO3S/c13-12(14,15)11(19,10-16-5-6-20-10)8-4-2-1-3-7(8)9(17)18/h5-8,19H,1-4H2,(H,17,18). The van der Waals surface area contributed by atoms with E-state index in [1.165, 1.54) is 11.6 Å². The van der Waals surface area contributed by atoms with Crippen LogP contribution in [0.15, 0.2) is 11.6 Å². The van der Waals surface area contributed by atoms with Crippen LogP contribution in [0.3, 0.4) is 0 Å². The third kappa shape index (κ3) is 2.42. The van der Waals surface area contributed by atoms with Crippen molar-refractivity contribution < 1.29 is 28.2 Å². The highest BCUT2D eigenvalue weighted by Crippen LogP contribution is 2.51. The number of alkyl halides is 3. The minimum absolute atomic E-state index is 0.0204. The fraction of sp³-hybridized carbons (Fsp3) is 0.667. The SMILES string of the molecule is O=C(O)C1CCCCC1C(O)(c1nccs1)C(F)(F)F. The maximum absolute atomic E-state index is 13.4. The van der Waals surface area contributed by atoms with Crippen molar-refractivity contribution in [1.82, 2.24) is 4.98 Å². The van der Waals surface area contributed by atoms with Crippen LogP contribution in [0, 0.1) is 11.8 Å². The lowest BCUT2D eigenvalue weighted by atomic mass is 9.69. The summed E-state index contributed by atoms with van der Waals surface area (Å²) in [6.45, 7) is 0. The quantitative estimate of drug-likeness (QED) is 0.900. The largest absolute Gasteiger partial charge is 0.481 e. The summed E-state index contributed by atoms with van der Waals surface area (Å²) in [5.74, 6) is -3.91. The first-order chi connectivity index (χ1) is 9.28. The van der Waals surface area contributed by atoms with E-state index in [0.717, 1.165) is 0 Å². The van der Waals surface area contributed by atoms with E-state index in [2.05, 4.69) is 4.98 Å². The summed E-state index contributed by atoms with van der Waals surface area (Å²) in [7, 11) is 0. The maximum Gasteiger partial charge on any atom is 0.424 e. The Balaban J connectivity index is 2.48. The summed E-state index contributed by atoms with van der Waals surface area (Å²) in [6.07, 6.45) is -2.59. The second-order valence-electron chi connectivity index (χ2n) is 4.94. The van der Waals surface area contributed by atoms with Gasteiger partial charge in [0.05, 0.1) is 5.92 Å². The molecule has 0 amide bonds. The van der Waals surface area contributed by atoms with Crippen molar-refractivity contribution in [3.05, 3.63) is 16.6 Å². The molecule has 112 valence electrons. The lowest BCUT2D eigenvalue weighted by Gasteiger charge is -2.41. The minimum Gasteiger partial charge on any atom is -0.481 e. The summed E-state index contributed by atoms with van der Waals surface area (Å²) >= 11 is 0.690. The lowest BCUT2D eigenvalue weighted by molar-refractivity contribution is -0.295. The molecular formula is C12H14F3NO3S. The Morgan fingerprint density at radius 3 is 2.50 bits per heavy atom. The van der Waals surface area contributed by atoms with Crippen molar-refractivity contribution >= 4 is 17.3 Å². The number of carbonyl (C=O) groups is 1. The molecule has 1 fully saturated rings. The van der Waals surface area contributed by atoms with E-state index in [4.69, 9.17) is 5.11 Å². The normalized spacial score (nSPS) is 27.0. The first-order valence-corrected chi connectivity index (χ1v) is 7.08. The fourth-order valence-electron chi connectivity index (χ4n) is 2.83. The van der Waals surface area contributed by atoms with Crippen molar-refractivity contribution in [2.45, 2.75) is 37.5 Å². The second kappa shape index (κ2) is 5.33. The molecule has 1 heterocycles. The number of hydrogen-bond donors (Lipinski definition) is 2. The Morgan fingerprint density at radius 1 is 1.35 bits per heavy atom. The molecule has 8 heteroatoms. The number of thiazole rings is 1. The van der Waals surface area contributed by atoms with E-state index in [9.17, 15) is 23.1 Å². The third-order valence-corrected chi connectivity index (χ3v) is 4.71. The number of aromatic nitrogens is 1.